The quantitative estimate of drug-likeness (QED) is 0.703. The van der Waals surface area contributed by atoms with Gasteiger partial charge in [0, 0.05) is 12.0 Å². The first kappa shape index (κ1) is 11.3. The molecule has 5 heteroatoms. The molecule has 0 bridgehead atoms. The predicted octanol–water partition coefficient (Wildman–Crippen LogP) is 3.29. The average Bonchev–Trinajstić information content (AvgIpc) is 2.01. The van der Waals surface area contributed by atoms with E-state index in [4.69, 9.17) is 39.9 Å². The van der Waals surface area contributed by atoms with Gasteiger partial charge in [0.15, 0.2) is 0 Å². The van der Waals surface area contributed by atoms with Crippen molar-refractivity contribution in [2.24, 2.45) is 0 Å². The lowest BCUT2D eigenvalue weighted by molar-refractivity contribution is 0.330. The van der Waals surface area contributed by atoms with E-state index in [-0.39, 0.29) is 18.6 Å². The summed E-state index contributed by atoms with van der Waals surface area (Å²) in [6.45, 7) is -0.309. The Hall–Kier alpha value is 0.240. The molecular weight excluding hydrogens is 237 g/mol. The second-order valence-corrected chi connectivity index (χ2v) is 4.99. The highest BCUT2D eigenvalue weighted by molar-refractivity contribution is 6.69. The summed E-state index contributed by atoms with van der Waals surface area (Å²) in [4.78, 5) is 0. The molecule has 0 spiro atoms. The highest BCUT2D eigenvalue weighted by Crippen LogP contribution is 2.43. The maximum absolute atomic E-state index is 13.3. The molecule has 1 nitrogen and oxygen atoms in total. The van der Waals surface area contributed by atoms with Crippen molar-refractivity contribution in [2.75, 3.05) is 6.61 Å². The van der Waals surface area contributed by atoms with Crippen LogP contribution in [0.1, 0.15) is 12.8 Å². The number of aliphatic hydroxyl groups excluding tert-OH is 1. The molecule has 1 N–H and O–H groups in total. The molecule has 0 heterocycles. The van der Waals surface area contributed by atoms with E-state index < -0.39 is 9.62 Å². The van der Waals surface area contributed by atoms with E-state index in [2.05, 4.69) is 0 Å². The molecule has 0 atom stereocenters. The van der Waals surface area contributed by atoms with Crippen LogP contribution in [0.4, 0.5) is 4.39 Å². The molecule has 0 aromatic rings. The fraction of sp³-hybridized carbons (Fsp3) is 0.500. The van der Waals surface area contributed by atoms with Crippen molar-refractivity contribution in [2.45, 2.75) is 16.6 Å². The van der Waals surface area contributed by atoms with Gasteiger partial charge in [-0.3, -0.25) is 0 Å². The Bertz CT molecular complexity index is 265. The van der Waals surface area contributed by atoms with Gasteiger partial charge in [-0.25, -0.2) is 4.39 Å². The van der Waals surface area contributed by atoms with Crippen LogP contribution in [0.25, 0.3) is 0 Å². The molecule has 13 heavy (non-hydrogen) atoms. The molecule has 0 unspecified atom stereocenters. The van der Waals surface area contributed by atoms with Crippen LogP contribution < -0.4 is 0 Å². The standard InChI is InChI=1S/C8H8Cl3FO/c9-8(10,11)7-5(4-13)2-1-3-6(7)12/h2,13H,1,3-4H2. The van der Waals surface area contributed by atoms with E-state index in [1.165, 1.54) is 0 Å². The molecule has 0 amide bonds. The Balaban J connectivity index is 3.08. The van der Waals surface area contributed by atoms with Crippen molar-refractivity contribution in [3.05, 3.63) is 23.0 Å². The van der Waals surface area contributed by atoms with Crippen molar-refractivity contribution < 1.29 is 9.50 Å². The topological polar surface area (TPSA) is 20.2 Å². The van der Waals surface area contributed by atoms with Crippen molar-refractivity contribution in [1.82, 2.24) is 0 Å². The average molecular weight is 246 g/mol. The second kappa shape index (κ2) is 4.18. The van der Waals surface area contributed by atoms with Crippen LogP contribution in [0.3, 0.4) is 0 Å². The maximum Gasteiger partial charge on any atom is 0.218 e. The summed E-state index contributed by atoms with van der Waals surface area (Å²) in [5.74, 6) is -0.452. The van der Waals surface area contributed by atoms with Gasteiger partial charge in [-0.1, -0.05) is 40.9 Å². The van der Waals surface area contributed by atoms with Crippen LogP contribution in [-0.2, 0) is 0 Å². The summed E-state index contributed by atoms with van der Waals surface area (Å²) in [7, 11) is 0. The lowest BCUT2D eigenvalue weighted by Crippen LogP contribution is -2.16. The van der Waals surface area contributed by atoms with Crippen molar-refractivity contribution in [3.63, 3.8) is 0 Å². The highest BCUT2D eigenvalue weighted by atomic mass is 35.6. The van der Waals surface area contributed by atoms with Crippen LogP contribution in [0.2, 0.25) is 0 Å². The molecule has 0 radical (unpaired) electrons. The van der Waals surface area contributed by atoms with Crippen LogP contribution >= 0.6 is 34.8 Å². The number of aliphatic hydroxyl groups is 1. The van der Waals surface area contributed by atoms with E-state index in [1.807, 2.05) is 0 Å². The van der Waals surface area contributed by atoms with Gasteiger partial charge in [0.05, 0.1) is 6.61 Å². The van der Waals surface area contributed by atoms with Gasteiger partial charge in [0.2, 0.25) is 3.79 Å². The minimum Gasteiger partial charge on any atom is -0.392 e. The number of hydrogen-bond donors (Lipinski definition) is 1. The molecule has 0 aliphatic heterocycles. The van der Waals surface area contributed by atoms with Gasteiger partial charge < -0.3 is 5.11 Å². The van der Waals surface area contributed by atoms with Gasteiger partial charge in [0.25, 0.3) is 0 Å². The molecule has 0 fully saturated rings. The lowest BCUT2D eigenvalue weighted by Gasteiger charge is -2.22. The minimum atomic E-state index is -1.79. The molecule has 1 rings (SSSR count). The summed E-state index contributed by atoms with van der Waals surface area (Å²) < 4.78 is 11.5. The zero-order valence-corrected chi connectivity index (χ0v) is 8.93. The van der Waals surface area contributed by atoms with Crippen molar-refractivity contribution >= 4 is 34.8 Å². The minimum absolute atomic E-state index is 0.00810. The Kier molecular flexibility index (Phi) is 3.64. The molecular formula is C8H8Cl3FO. The second-order valence-electron chi connectivity index (χ2n) is 2.70. The lowest BCUT2D eigenvalue weighted by atomic mass is 9.98. The third kappa shape index (κ3) is 2.59. The van der Waals surface area contributed by atoms with Crippen molar-refractivity contribution in [3.8, 4) is 0 Å². The van der Waals surface area contributed by atoms with Gasteiger partial charge in [-0.15, -0.1) is 0 Å². The molecule has 0 saturated heterocycles. The Morgan fingerprint density at radius 1 is 1.46 bits per heavy atom. The Morgan fingerprint density at radius 3 is 2.46 bits per heavy atom. The maximum atomic E-state index is 13.3. The van der Waals surface area contributed by atoms with E-state index in [0.717, 1.165) is 0 Å². The number of hydrogen-bond acceptors (Lipinski definition) is 1. The number of allylic oxidation sites excluding steroid dienone is 2. The number of halogens is 4. The Morgan fingerprint density at radius 2 is 2.08 bits per heavy atom. The zero-order valence-electron chi connectivity index (χ0n) is 6.66. The first-order valence-electron chi connectivity index (χ1n) is 3.73. The molecule has 0 aromatic heterocycles. The van der Waals surface area contributed by atoms with E-state index in [9.17, 15) is 4.39 Å². The van der Waals surface area contributed by atoms with Crippen LogP contribution in [0, 0.1) is 0 Å². The summed E-state index contributed by atoms with van der Waals surface area (Å²) in [6.07, 6.45) is 2.44. The smallest absolute Gasteiger partial charge is 0.218 e. The van der Waals surface area contributed by atoms with Gasteiger partial charge in [0.1, 0.15) is 5.83 Å². The third-order valence-electron chi connectivity index (χ3n) is 1.80. The summed E-state index contributed by atoms with van der Waals surface area (Å²) >= 11 is 16.7. The molecule has 1 aliphatic carbocycles. The number of alkyl halides is 3. The monoisotopic (exact) mass is 244 g/mol. The third-order valence-corrected chi connectivity index (χ3v) is 2.37. The van der Waals surface area contributed by atoms with Gasteiger partial charge >= 0.3 is 0 Å². The normalized spacial score (nSPS) is 19.0. The summed E-state index contributed by atoms with van der Waals surface area (Å²) in [5, 5.41) is 8.90. The van der Waals surface area contributed by atoms with Crippen LogP contribution in [-0.4, -0.2) is 15.5 Å². The van der Waals surface area contributed by atoms with E-state index in [0.29, 0.717) is 12.0 Å². The molecule has 0 saturated carbocycles. The molecule has 74 valence electrons. The first-order valence-corrected chi connectivity index (χ1v) is 4.86. The fourth-order valence-electron chi connectivity index (χ4n) is 1.25. The van der Waals surface area contributed by atoms with Crippen molar-refractivity contribution in [1.29, 1.82) is 0 Å². The fourth-order valence-corrected chi connectivity index (χ4v) is 1.93. The summed E-state index contributed by atoms with van der Waals surface area (Å²) in [5.41, 5.74) is 0.356. The largest absolute Gasteiger partial charge is 0.392 e. The van der Waals surface area contributed by atoms with E-state index >= 15 is 0 Å². The van der Waals surface area contributed by atoms with E-state index in [1.54, 1.807) is 6.08 Å². The summed E-state index contributed by atoms with van der Waals surface area (Å²) in [6, 6.07) is 0. The van der Waals surface area contributed by atoms with Crippen LogP contribution in [0.15, 0.2) is 23.0 Å². The van der Waals surface area contributed by atoms with Gasteiger partial charge in [-0.2, -0.15) is 0 Å². The first-order chi connectivity index (χ1) is 5.96. The molecule has 1 aliphatic rings. The molecule has 0 aromatic carbocycles. The van der Waals surface area contributed by atoms with Gasteiger partial charge in [-0.05, 0) is 12.0 Å². The predicted molar refractivity (Wildman–Crippen MR) is 52.8 cm³/mol. The zero-order chi connectivity index (χ0) is 10.1. The number of rotatable bonds is 1. The highest BCUT2D eigenvalue weighted by Gasteiger charge is 2.33. The van der Waals surface area contributed by atoms with Crippen LogP contribution in [0.5, 0.6) is 0 Å². The SMILES string of the molecule is OCC1=CCCC(F)=C1C(Cl)(Cl)Cl. The Labute approximate surface area is 90.8 Å².